The zero-order chi connectivity index (χ0) is 34.7. The lowest BCUT2D eigenvalue weighted by Crippen LogP contribution is -2.36. The number of Topliss-reactive ketones (excluding diaryl/α,β-unsaturated/α-hetero) is 2. The third-order valence-electron chi connectivity index (χ3n) is 12.5. The summed E-state index contributed by atoms with van der Waals surface area (Å²) in [4.78, 5) is 29.8. The molecule has 0 spiro atoms. The SMILES string of the molecule is Cc1c(C(=O)CN2C3CCC2[C@@H](O)C3)cc([C@H](C)C2CC(c3ccc(C(=O)C4CCC4)n3-c3ccc(C#N)cc3)C2)n1-c1ccc(C#N)cc1. The van der Waals surface area contributed by atoms with Gasteiger partial charge in [0.1, 0.15) is 0 Å². The smallest absolute Gasteiger partial charge is 0.182 e. The van der Waals surface area contributed by atoms with Crippen molar-refractivity contribution in [2.24, 2.45) is 11.8 Å². The summed E-state index contributed by atoms with van der Waals surface area (Å²) in [6.07, 6.45) is 7.28. The Kier molecular flexibility index (Phi) is 8.34. The molecule has 254 valence electrons. The predicted octanol–water partition coefficient (Wildman–Crippen LogP) is 7.38. The molecule has 0 radical (unpaired) electrons. The van der Waals surface area contributed by atoms with Crippen LogP contribution in [-0.2, 0) is 0 Å². The van der Waals surface area contributed by atoms with Crippen molar-refractivity contribution < 1.29 is 14.7 Å². The normalized spacial score (nSPS) is 25.0. The third kappa shape index (κ3) is 5.43. The molecule has 8 rings (SSSR count). The van der Waals surface area contributed by atoms with Gasteiger partial charge in [0.15, 0.2) is 11.6 Å². The highest BCUT2D eigenvalue weighted by atomic mass is 16.3. The van der Waals surface area contributed by atoms with Gasteiger partial charge >= 0.3 is 0 Å². The Morgan fingerprint density at radius 2 is 1.50 bits per heavy atom. The van der Waals surface area contributed by atoms with E-state index in [-0.39, 0.29) is 47.5 Å². The van der Waals surface area contributed by atoms with E-state index >= 15 is 0 Å². The van der Waals surface area contributed by atoms with Gasteiger partial charge in [-0.1, -0.05) is 13.3 Å². The van der Waals surface area contributed by atoms with E-state index in [1.165, 1.54) is 0 Å². The van der Waals surface area contributed by atoms with Crippen molar-refractivity contribution in [1.29, 1.82) is 10.5 Å². The van der Waals surface area contributed by atoms with E-state index in [1.807, 2.05) is 61.5 Å². The summed E-state index contributed by atoms with van der Waals surface area (Å²) in [5, 5.41) is 29.3. The number of hydrogen-bond acceptors (Lipinski definition) is 6. The lowest BCUT2D eigenvalue weighted by molar-refractivity contribution is 0.0845. The van der Waals surface area contributed by atoms with Crippen LogP contribution in [0.1, 0.15) is 119 Å². The largest absolute Gasteiger partial charge is 0.391 e. The Morgan fingerprint density at radius 3 is 2.04 bits per heavy atom. The van der Waals surface area contributed by atoms with Crippen LogP contribution in [0.3, 0.4) is 0 Å². The van der Waals surface area contributed by atoms with Crippen molar-refractivity contribution in [3.8, 4) is 23.5 Å². The first kappa shape index (κ1) is 32.4. The van der Waals surface area contributed by atoms with E-state index in [2.05, 4.69) is 45.2 Å². The van der Waals surface area contributed by atoms with Gasteiger partial charge in [0.25, 0.3) is 0 Å². The van der Waals surface area contributed by atoms with Crippen molar-refractivity contribution in [3.63, 3.8) is 0 Å². The van der Waals surface area contributed by atoms with Gasteiger partial charge < -0.3 is 14.2 Å². The molecule has 8 heteroatoms. The van der Waals surface area contributed by atoms with E-state index in [0.29, 0.717) is 23.6 Å². The van der Waals surface area contributed by atoms with E-state index in [1.54, 1.807) is 0 Å². The summed E-state index contributed by atoms with van der Waals surface area (Å²) in [5.74, 6) is 1.18. The number of aliphatic hydroxyl groups excluding tert-OH is 1. The van der Waals surface area contributed by atoms with Gasteiger partial charge in [0, 0.05) is 57.9 Å². The number of carbonyl (C=O) groups excluding carboxylic acids is 2. The molecule has 2 aliphatic carbocycles. The van der Waals surface area contributed by atoms with Crippen LogP contribution in [0.15, 0.2) is 66.7 Å². The van der Waals surface area contributed by atoms with Crippen LogP contribution in [-0.4, -0.2) is 55.4 Å². The molecule has 4 heterocycles. The highest BCUT2D eigenvalue weighted by molar-refractivity contribution is 5.99. The Hall–Kier alpha value is -4.76. The number of rotatable bonds is 10. The lowest BCUT2D eigenvalue weighted by atomic mass is 9.67. The topological polar surface area (TPSA) is 115 Å². The van der Waals surface area contributed by atoms with Crippen LogP contribution in [0, 0.1) is 41.4 Å². The molecule has 2 aliphatic heterocycles. The molecule has 2 saturated carbocycles. The molecule has 2 aromatic heterocycles. The van der Waals surface area contributed by atoms with Crippen molar-refractivity contribution in [2.75, 3.05) is 6.54 Å². The average molecular weight is 666 g/mol. The van der Waals surface area contributed by atoms with Crippen LogP contribution < -0.4 is 0 Å². The molecule has 2 saturated heterocycles. The molecule has 50 heavy (non-hydrogen) atoms. The van der Waals surface area contributed by atoms with Crippen molar-refractivity contribution >= 4 is 11.6 Å². The molecular formula is C42H43N5O3. The highest BCUT2D eigenvalue weighted by Crippen LogP contribution is 2.50. The molecule has 4 aromatic rings. The second-order valence-electron chi connectivity index (χ2n) is 15.1. The number of aromatic nitrogens is 2. The van der Waals surface area contributed by atoms with E-state index in [4.69, 9.17) is 0 Å². The minimum absolute atomic E-state index is 0.0722. The number of aliphatic hydroxyl groups is 1. The molecule has 8 nitrogen and oxygen atoms in total. The van der Waals surface area contributed by atoms with Crippen LogP contribution in [0.2, 0.25) is 0 Å². The van der Waals surface area contributed by atoms with Crippen LogP contribution in [0.4, 0.5) is 0 Å². The quantitative estimate of drug-likeness (QED) is 0.177. The Bertz CT molecular complexity index is 2030. The van der Waals surface area contributed by atoms with Gasteiger partial charge in [0.05, 0.1) is 41.6 Å². The van der Waals surface area contributed by atoms with Gasteiger partial charge in [0.2, 0.25) is 0 Å². The molecule has 4 atom stereocenters. The Balaban J connectivity index is 1.08. The molecule has 2 unspecified atom stereocenters. The Morgan fingerprint density at radius 1 is 0.860 bits per heavy atom. The number of fused-ring (bicyclic) bond motifs is 2. The maximum absolute atomic E-state index is 14.0. The molecular weight excluding hydrogens is 622 g/mol. The lowest BCUT2D eigenvalue weighted by Gasteiger charge is -2.40. The number of ketones is 2. The average Bonchev–Trinajstić information content (AvgIpc) is 3.84. The van der Waals surface area contributed by atoms with Gasteiger partial charge in [-0.05, 0) is 130 Å². The van der Waals surface area contributed by atoms with Crippen LogP contribution >= 0.6 is 0 Å². The summed E-state index contributed by atoms with van der Waals surface area (Å²) in [5.41, 5.74) is 7.62. The fourth-order valence-electron chi connectivity index (χ4n) is 9.21. The van der Waals surface area contributed by atoms with E-state index in [9.17, 15) is 25.2 Å². The minimum Gasteiger partial charge on any atom is -0.391 e. The first-order valence-corrected chi connectivity index (χ1v) is 18.2. The number of hydrogen-bond donors (Lipinski definition) is 1. The summed E-state index contributed by atoms with van der Waals surface area (Å²) in [6.45, 7) is 4.59. The molecule has 1 N–H and O–H groups in total. The van der Waals surface area contributed by atoms with Gasteiger partial charge in [-0.3, -0.25) is 14.5 Å². The van der Waals surface area contributed by atoms with Gasteiger partial charge in [-0.15, -0.1) is 0 Å². The first-order valence-electron chi connectivity index (χ1n) is 18.2. The Labute approximate surface area is 293 Å². The van der Waals surface area contributed by atoms with Gasteiger partial charge in [-0.2, -0.15) is 10.5 Å². The molecule has 2 aromatic carbocycles. The predicted molar refractivity (Wildman–Crippen MR) is 190 cm³/mol. The van der Waals surface area contributed by atoms with Crippen molar-refractivity contribution in [3.05, 3.63) is 106 Å². The van der Waals surface area contributed by atoms with E-state index < -0.39 is 0 Å². The number of nitriles is 2. The summed E-state index contributed by atoms with van der Waals surface area (Å²) < 4.78 is 4.34. The third-order valence-corrected chi connectivity index (χ3v) is 12.5. The maximum Gasteiger partial charge on any atom is 0.182 e. The summed E-state index contributed by atoms with van der Waals surface area (Å²) in [7, 11) is 0. The minimum atomic E-state index is -0.349. The summed E-state index contributed by atoms with van der Waals surface area (Å²) in [6, 6.07) is 26.1. The monoisotopic (exact) mass is 665 g/mol. The molecule has 2 bridgehead atoms. The maximum atomic E-state index is 14.0. The van der Waals surface area contributed by atoms with Crippen LogP contribution in [0.5, 0.6) is 0 Å². The number of nitrogens with zero attached hydrogens (tertiary/aromatic N) is 5. The molecule has 4 aliphatic rings. The fraction of sp³-hybridized carbons (Fsp3) is 0.429. The molecule has 4 fully saturated rings. The standard InChI is InChI=1S/C42H43N5O3/c1-25(30-18-31(19-30)36-16-17-38(42(50)29-4-3-5-29)47(36)33-12-8-28(23-44)9-13-33)39-21-35(26(2)46(39)32-10-6-27(22-43)7-11-32)41(49)24-45-34-14-15-37(45)40(48)20-34/h6-13,16-17,21,25,29-31,34,37,40,48H,3-5,14-15,18-20,24H2,1-2H3/t25-,30?,31?,34?,37?,40+/m1/s1. The number of benzene rings is 2. The zero-order valence-corrected chi connectivity index (χ0v) is 28.8. The second-order valence-corrected chi connectivity index (χ2v) is 15.1. The van der Waals surface area contributed by atoms with E-state index in [0.717, 1.165) is 91.1 Å². The van der Waals surface area contributed by atoms with Crippen molar-refractivity contribution in [2.45, 2.75) is 95.2 Å². The van der Waals surface area contributed by atoms with Crippen molar-refractivity contribution in [1.82, 2.24) is 14.0 Å². The first-order chi connectivity index (χ1) is 24.2. The zero-order valence-electron chi connectivity index (χ0n) is 28.8. The fourth-order valence-corrected chi connectivity index (χ4v) is 9.21. The molecule has 0 amide bonds. The van der Waals surface area contributed by atoms with Gasteiger partial charge in [-0.25, -0.2) is 0 Å². The van der Waals surface area contributed by atoms with Crippen LogP contribution in [0.25, 0.3) is 11.4 Å². The second kappa shape index (κ2) is 12.8. The summed E-state index contributed by atoms with van der Waals surface area (Å²) >= 11 is 0. The highest BCUT2D eigenvalue weighted by Gasteiger charge is 2.46. The number of carbonyl (C=O) groups is 2.